The third-order valence-electron chi connectivity index (χ3n) is 1.51. The molecular weight excluding hydrogens is 198 g/mol. The van der Waals surface area contributed by atoms with Crippen molar-refractivity contribution in [3.63, 3.8) is 0 Å². The molecule has 0 spiro atoms. The van der Waals surface area contributed by atoms with Crippen molar-refractivity contribution >= 4 is 11.6 Å². The minimum absolute atomic E-state index is 0.698. The largest absolute Gasteiger partial charge is 0.259 e. The smallest absolute Gasteiger partial charge is 0.155 e. The van der Waals surface area contributed by atoms with Gasteiger partial charge in [0.1, 0.15) is 6.33 Å². The molecule has 1 heterocycles. The molecule has 0 bridgehead atoms. The van der Waals surface area contributed by atoms with Crippen LogP contribution in [0, 0.1) is 0 Å². The lowest BCUT2D eigenvalue weighted by molar-refractivity contribution is 1.10. The molecule has 1 N–H and O–H groups in total. The molecule has 0 aliphatic heterocycles. The first kappa shape index (κ1) is 10.7. The van der Waals surface area contributed by atoms with Crippen molar-refractivity contribution in [1.29, 1.82) is 0 Å². The highest BCUT2D eigenvalue weighted by atomic mass is 35.5. The van der Waals surface area contributed by atoms with E-state index in [1.54, 1.807) is 0 Å². The average Bonchev–Trinajstić information content (AvgIpc) is 2.74. The van der Waals surface area contributed by atoms with Crippen LogP contribution in [0.25, 0.3) is 11.4 Å². The Balaban J connectivity index is 0.000000461. The number of benzene rings is 1. The zero-order valence-corrected chi connectivity index (χ0v) is 8.92. The van der Waals surface area contributed by atoms with Gasteiger partial charge in [0.05, 0.1) is 0 Å². The van der Waals surface area contributed by atoms with E-state index >= 15 is 0 Å². The number of hydrogen-bond donors (Lipinski definition) is 1. The highest BCUT2D eigenvalue weighted by molar-refractivity contribution is 6.30. The number of aromatic amines is 1. The van der Waals surface area contributed by atoms with Gasteiger partial charge in [-0.1, -0.05) is 37.6 Å². The van der Waals surface area contributed by atoms with Gasteiger partial charge in [-0.3, -0.25) is 5.10 Å². The Kier molecular flexibility index (Phi) is 4.13. The van der Waals surface area contributed by atoms with Crippen LogP contribution in [0.4, 0.5) is 0 Å². The first-order valence-electron chi connectivity index (χ1n) is 4.47. The SMILES string of the molecule is CC.Clc1cccc(-c2ncn[nH]2)c1. The second kappa shape index (κ2) is 5.40. The van der Waals surface area contributed by atoms with Crippen LogP contribution in [-0.4, -0.2) is 15.2 Å². The quantitative estimate of drug-likeness (QED) is 0.784. The summed E-state index contributed by atoms with van der Waals surface area (Å²) in [6, 6.07) is 7.45. The summed E-state index contributed by atoms with van der Waals surface area (Å²) >= 11 is 5.80. The second-order valence-electron chi connectivity index (χ2n) is 2.34. The Morgan fingerprint density at radius 1 is 1.29 bits per heavy atom. The number of H-pyrrole nitrogens is 1. The Labute approximate surface area is 88.1 Å². The van der Waals surface area contributed by atoms with E-state index in [0.29, 0.717) is 5.02 Å². The molecule has 4 heteroatoms. The number of nitrogens with one attached hydrogen (secondary N) is 1. The molecule has 0 atom stereocenters. The maximum Gasteiger partial charge on any atom is 0.155 e. The van der Waals surface area contributed by atoms with Crippen LogP contribution in [0.3, 0.4) is 0 Å². The molecule has 0 radical (unpaired) electrons. The molecule has 0 aliphatic rings. The number of nitrogens with zero attached hydrogens (tertiary/aromatic N) is 2. The molecule has 0 amide bonds. The van der Waals surface area contributed by atoms with E-state index in [4.69, 9.17) is 11.6 Å². The van der Waals surface area contributed by atoms with Crippen LogP contribution in [0.5, 0.6) is 0 Å². The lowest BCUT2D eigenvalue weighted by Crippen LogP contribution is -1.79. The van der Waals surface area contributed by atoms with Crippen molar-refractivity contribution in [1.82, 2.24) is 15.2 Å². The normalized spacial score (nSPS) is 9.07. The lowest BCUT2D eigenvalue weighted by Gasteiger charge is -1.94. The van der Waals surface area contributed by atoms with E-state index in [1.807, 2.05) is 38.1 Å². The van der Waals surface area contributed by atoms with Crippen molar-refractivity contribution in [2.75, 3.05) is 0 Å². The Morgan fingerprint density at radius 3 is 2.64 bits per heavy atom. The fraction of sp³-hybridized carbons (Fsp3) is 0.200. The molecule has 74 valence electrons. The van der Waals surface area contributed by atoms with Gasteiger partial charge in [-0.2, -0.15) is 5.10 Å². The van der Waals surface area contributed by atoms with Crippen molar-refractivity contribution in [2.24, 2.45) is 0 Å². The Hall–Kier alpha value is -1.35. The van der Waals surface area contributed by atoms with Gasteiger partial charge in [0.15, 0.2) is 5.82 Å². The highest BCUT2D eigenvalue weighted by Crippen LogP contribution is 2.17. The predicted molar refractivity (Wildman–Crippen MR) is 58.2 cm³/mol. The van der Waals surface area contributed by atoms with Crippen LogP contribution >= 0.6 is 11.6 Å². The van der Waals surface area contributed by atoms with Crippen molar-refractivity contribution in [2.45, 2.75) is 13.8 Å². The number of hydrogen-bond acceptors (Lipinski definition) is 2. The molecular formula is C10H12ClN3. The summed E-state index contributed by atoms with van der Waals surface area (Å²) in [5.41, 5.74) is 0.944. The molecule has 0 saturated heterocycles. The standard InChI is InChI=1S/C8H6ClN3.C2H6/c9-7-3-1-2-6(4-7)8-10-5-11-12-8;1-2/h1-5H,(H,10,11,12);1-2H3. The molecule has 0 aliphatic carbocycles. The van der Waals surface area contributed by atoms with Gasteiger partial charge in [-0.15, -0.1) is 0 Å². The van der Waals surface area contributed by atoms with Crippen LogP contribution in [0.1, 0.15) is 13.8 Å². The first-order valence-corrected chi connectivity index (χ1v) is 4.85. The van der Waals surface area contributed by atoms with Gasteiger partial charge in [-0.25, -0.2) is 4.98 Å². The van der Waals surface area contributed by atoms with E-state index in [-0.39, 0.29) is 0 Å². The molecule has 1 aromatic heterocycles. The first-order chi connectivity index (χ1) is 6.86. The Bertz CT molecular complexity index is 371. The third kappa shape index (κ3) is 2.57. The third-order valence-corrected chi connectivity index (χ3v) is 1.75. The minimum atomic E-state index is 0.698. The van der Waals surface area contributed by atoms with Gasteiger partial charge in [0, 0.05) is 10.6 Å². The van der Waals surface area contributed by atoms with E-state index in [1.165, 1.54) is 6.33 Å². The number of rotatable bonds is 1. The molecule has 2 rings (SSSR count). The average molecular weight is 210 g/mol. The summed E-state index contributed by atoms with van der Waals surface area (Å²) in [5, 5.41) is 7.21. The Morgan fingerprint density at radius 2 is 2.07 bits per heavy atom. The van der Waals surface area contributed by atoms with Crippen molar-refractivity contribution in [3.8, 4) is 11.4 Å². The number of aromatic nitrogens is 3. The van der Waals surface area contributed by atoms with Gasteiger partial charge in [0.2, 0.25) is 0 Å². The van der Waals surface area contributed by atoms with Crippen LogP contribution in [-0.2, 0) is 0 Å². The topological polar surface area (TPSA) is 41.6 Å². The summed E-state index contributed by atoms with van der Waals surface area (Å²) in [6.07, 6.45) is 1.47. The van der Waals surface area contributed by atoms with Gasteiger partial charge < -0.3 is 0 Å². The number of halogens is 1. The van der Waals surface area contributed by atoms with Gasteiger partial charge in [-0.05, 0) is 12.1 Å². The highest BCUT2D eigenvalue weighted by Gasteiger charge is 1.99. The molecule has 0 saturated carbocycles. The minimum Gasteiger partial charge on any atom is -0.259 e. The molecule has 14 heavy (non-hydrogen) atoms. The predicted octanol–water partition coefficient (Wildman–Crippen LogP) is 3.15. The van der Waals surface area contributed by atoms with Crippen LogP contribution < -0.4 is 0 Å². The van der Waals surface area contributed by atoms with Crippen LogP contribution in [0.15, 0.2) is 30.6 Å². The summed E-state index contributed by atoms with van der Waals surface area (Å²) in [7, 11) is 0. The summed E-state index contributed by atoms with van der Waals surface area (Å²) in [6.45, 7) is 4.00. The second-order valence-corrected chi connectivity index (χ2v) is 2.78. The summed E-state index contributed by atoms with van der Waals surface area (Å²) in [5.74, 6) is 0.734. The maximum absolute atomic E-state index is 5.80. The molecule has 2 aromatic rings. The zero-order chi connectivity index (χ0) is 10.4. The summed E-state index contributed by atoms with van der Waals surface area (Å²) in [4.78, 5) is 4.00. The molecule has 1 aromatic carbocycles. The van der Waals surface area contributed by atoms with E-state index in [2.05, 4.69) is 15.2 Å². The zero-order valence-electron chi connectivity index (χ0n) is 8.16. The van der Waals surface area contributed by atoms with E-state index in [9.17, 15) is 0 Å². The molecule has 3 nitrogen and oxygen atoms in total. The monoisotopic (exact) mass is 209 g/mol. The molecule has 0 fully saturated rings. The van der Waals surface area contributed by atoms with Crippen molar-refractivity contribution in [3.05, 3.63) is 35.6 Å². The van der Waals surface area contributed by atoms with Gasteiger partial charge in [0.25, 0.3) is 0 Å². The fourth-order valence-corrected chi connectivity index (χ4v) is 1.17. The lowest BCUT2D eigenvalue weighted by atomic mass is 10.2. The fourth-order valence-electron chi connectivity index (χ4n) is 0.980. The van der Waals surface area contributed by atoms with E-state index < -0.39 is 0 Å². The summed E-state index contributed by atoms with van der Waals surface area (Å²) < 4.78 is 0. The van der Waals surface area contributed by atoms with E-state index in [0.717, 1.165) is 11.4 Å². The van der Waals surface area contributed by atoms with Crippen LogP contribution in [0.2, 0.25) is 5.02 Å². The van der Waals surface area contributed by atoms with Crippen molar-refractivity contribution < 1.29 is 0 Å². The molecule has 0 unspecified atom stereocenters. The van der Waals surface area contributed by atoms with Gasteiger partial charge >= 0.3 is 0 Å². The maximum atomic E-state index is 5.80.